The topological polar surface area (TPSA) is 21.6 Å². The van der Waals surface area contributed by atoms with Crippen LogP contribution in [-0.2, 0) is 4.84 Å². The summed E-state index contributed by atoms with van der Waals surface area (Å²) < 4.78 is 0.977. The Morgan fingerprint density at radius 3 is 3.08 bits per heavy atom. The summed E-state index contributed by atoms with van der Waals surface area (Å²) in [7, 11) is 0. The molecule has 65 valence electrons. The number of benzene rings is 1. The highest BCUT2D eigenvalue weighted by Crippen LogP contribution is 2.09. The van der Waals surface area contributed by atoms with Gasteiger partial charge in [0.1, 0.15) is 6.21 Å². The molecule has 2 nitrogen and oxygen atoms in total. The maximum Gasteiger partial charge on any atom is 0.177 e. The molecule has 0 atom stereocenters. The van der Waals surface area contributed by atoms with E-state index in [-0.39, 0.29) is 6.61 Å². The van der Waals surface area contributed by atoms with Gasteiger partial charge in [0, 0.05) is 10.0 Å². The van der Waals surface area contributed by atoms with E-state index in [0.29, 0.717) is 0 Å². The molecule has 0 fully saturated rings. The van der Waals surface area contributed by atoms with Gasteiger partial charge in [-0.05, 0) is 12.1 Å². The van der Waals surface area contributed by atoms with Gasteiger partial charge in [-0.15, -0.1) is 6.42 Å². The maximum atomic E-state index is 4.96. The van der Waals surface area contributed by atoms with Gasteiger partial charge in [-0.3, -0.25) is 0 Å². The molecule has 0 aliphatic carbocycles. The lowest BCUT2D eigenvalue weighted by Crippen LogP contribution is -1.85. The number of rotatable bonds is 3. The van der Waals surface area contributed by atoms with E-state index in [1.807, 2.05) is 24.3 Å². The molecule has 0 aliphatic rings. The van der Waals surface area contributed by atoms with Crippen LogP contribution < -0.4 is 0 Å². The van der Waals surface area contributed by atoms with Crippen molar-refractivity contribution in [2.24, 2.45) is 5.16 Å². The third kappa shape index (κ3) is 3.77. The lowest BCUT2D eigenvalue weighted by atomic mass is 10.2. The summed E-state index contributed by atoms with van der Waals surface area (Å²) >= 11 is 3.33. The van der Waals surface area contributed by atoms with Crippen molar-refractivity contribution in [3.05, 3.63) is 34.3 Å². The summed E-state index contributed by atoms with van der Waals surface area (Å²) in [6.07, 6.45) is 7.66. The lowest BCUT2D eigenvalue weighted by Gasteiger charge is -1.92. The van der Waals surface area contributed by atoms with Crippen LogP contribution in [0.1, 0.15) is 5.56 Å². The predicted molar refractivity (Wildman–Crippen MR) is 55.5 cm³/mol. The molecule has 3 heteroatoms. The molecule has 0 bridgehead atoms. The molecule has 1 rings (SSSR count). The van der Waals surface area contributed by atoms with Gasteiger partial charge in [0.15, 0.2) is 6.61 Å². The van der Waals surface area contributed by atoms with Crippen LogP contribution in [0.25, 0.3) is 0 Å². The Bertz CT molecular complexity index is 341. The van der Waals surface area contributed by atoms with Gasteiger partial charge < -0.3 is 4.84 Å². The maximum absolute atomic E-state index is 4.96. The van der Waals surface area contributed by atoms with Gasteiger partial charge in [-0.1, -0.05) is 39.1 Å². The Labute approximate surface area is 85.7 Å². The zero-order valence-electron chi connectivity index (χ0n) is 6.83. The molecule has 0 aliphatic heterocycles. The van der Waals surface area contributed by atoms with Gasteiger partial charge in [0.05, 0.1) is 0 Å². The van der Waals surface area contributed by atoms with E-state index in [9.17, 15) is 0 Å². The van der Waals surface area contributed by atoms with Crippen molar-refractivity contribution in [1.82, 2.24) is 0 Å². The fraction of sp³-hybridized carbons (Fsp3) is 0.100. The number of halogens is 1. The molecule has 0 heterocycles. The van der Waals surface area contributed by atoms with Crippen LogP contribution in [0.15, 0.2) is 33.9 Å². The number of hydrogen-bond donors (Lipinski definition) is 0. The Balaban J connectivity index is 2.54. The van der Waals surface area contributed by atoms with E-state index in [0.717, 1.165) is 10.0 Å². The molecular formula is C10H7BrNO. The third-order valence-electron chi connectivity index (χ3n) is 1.21. The van der Waals surface area contributed by atoms with Crippen molar-refractivity contribution in [3.8, 4) is 12.3 Å². The smallest absolute Gasteiger partial charge is 0.177 e. The predicted octanol–water partition coefficient (Wildman–Crippen LogP) is 2.31. The standard InChI is InChI=1S/C10H7BrNO/c1-2-6-13-12-8-9-4-3-5-10(11)7-9/h1,3-5,7H,6H2. The summed E-state index contributed by atoms with van der Waals surface area (Å²) in [5, 5.41) is 3.56. The highest BCUT2D eigenvalue weighted by atomic mass is 79.9. The van der Waals surface area contributed by atoms with Crippen molar-refractivity contribution in [2.75, 3.05) is 6.61 Å². The van der Waals surface area contributed by atoms with Crippen LogP contribution >= 0.6 is 15.9 Å². The normalized spacial score (nSPS) is 9.85. The quantitative estimate of drug-likeness (QED) is 0.342. The van der Waals surface area contributed by atoms with Crippen LogP contribution in [0.5, 0.6) is 0 Å². The van der Waals surface area contributed by atoms with Crippen molar-refractivity contribution < 1.29 is 4.84 Å². The van der Waals surface area contributed by atoms with Crippen molar-refractivity contribution in [2.45, 2.75) is 0 Å². The van der Waals surface area contributed by atoms with E-state index in [1.54, 1.807) is 0 Å². The van der Waals surface area contributed by atoms with E-state index in [1.165, 1.54) is 0 Å². The summed E-state index contributed by atoms with van der Waals surface area (Å²) in [6.45, 7) is 0.168. The monoisotopic (exact) mass is 236 g/mol. The number of nitrogens with zero attached hydrogens (tertiary/aromatic N) is 1. The second-order valence-corrected chi connectivity index (χ2v) is 3.11. The molecule has 0 saturated heterocycles. The zero-order chi connectivity index (χ0) is 9.52. The molecule has 1 aromatic rings. The Morgan fingerprint density at radius 1 is 1.54 bits per heavy atom. The Kier molecular flexibility index (Phi) is 4.07. The molecule has 0 aromatic heterocycles. The van der Waals surface area contributed by atoms with E-state index >= 15 is 0 Å². The first-order valence-electron chi connectivity index (χ1n) is 3.60. The molecule has 0 unspecified atom stereocenters. The zero-order valence-corrected chi connectivity index (χ0v) is 8.41. The van der Waals surface area contributed by atoms with Crippen LogP contribution in [0, 0.1) is 12.3 Å². The summed E-state index contributed by atoms with van der Waals surface area (Å²) in [4.78, 5) is 4.69. The van der Waals surface area contributed by atoms with Gasteiger partial charge >= 0.3 is 0 Å². The van der Waals surface area contributed by atoms with Crippen LogP contribution in [0.2, 0.25) is 0 Å². The molecular weight excluding hydrogens is 230 g/mol. The van der Waals surface area contributed by atoms with Crippen molar-refractivity contribution in [3.63, 3.8) is 0 Å². The van der Waals surface area contributed by atoms with Gasteiger partial charge in [-0.25, -0.2) is 0 Å². The van der Waals surface area contributed by atoms with Crippen molar-refractivity contribution in [1.29, 1.82) is 0 Å². The number of hydrogen-bond acceptors (Lipinski definition) is 2. The van der Waals surface area contributed by atoms with Crippen LogP contribution in [0.4, 0.5) is 0 Å². The molecule has 0 amide bonds. The summed E-state index contributed by atoms with van der Waals surface area (Å²) in [5.41, 5.74) is 0.839. The number of terminal acetylenes is 1. The minimum absolute atomic E-state index is 0.168. The molecule has 1 aromatic carbocycles. The summed E-state index contributed by atoms with van der Waals surface area (Å²) in [6, 6.07) is 7.56. The molecule has 0 N–H and O–H groups in total. The van der Waals surface area contributed by atoms with Gasteiger partial charge in [0.25, 0.3) is 0 Å². The average molecular weight is 237 g/mol. The van der Waals surface area contributed by atoms with Gasteiger partial charge in [-0.2, -0.15) is 0 Å². The van der Waals surface area contributed by atoms with E-state index < -0.39 is 0 Å². The highest BCUT2D eigenvalue weighted by molar-refractivity contribution is 9.10. The first kappa shape index (κ1) is 9.82. The van der Waals surface area contributed by atoms with Crippen LogP contribution in [-0.4, -0.2) is 12.8 Å². The van der Waals surface area contributed by atoms with Crippen molar-refractivity contribution >= 4 is 22.1 Å². The molecule has 1 radical (unpaired) electrons. The minimum Gasteiger partial charge on any atom is -0.382 e. The van der Waals surface area contributed by atoms with Gasteiger partial charge in [0.2, 0.25) is 0 Å². The fourth-order valence-corrected chi connectivity index (χ4v) is 1.11. The molecule has 13 heavy (non-hydrogen) atoms. The largest absolute Gasteiger partial charge is 0.382 e. The highest BCUT2D eigenvalue weighted by Gasteiger charge is 1.89. The second-order valence-electron chi connectivity index (χ2n) is 2.19. The third-order valence-corrected chi connectivity index (χ3v) is 1.71. The molecule has 0 saturated carbocycles. The SMILES string of the molecule is C#CCON=[C]c1cccc(Br)c1. The van der Waals surface area contributed by atoms with Crippen LogP contribution in [0.3, 0.4) is 0 Å². The second kappa shape index (κ2) is 5.39. The lowest BCUT2D eigenvalue weighted by molar-refractivity contribution is 0.181. The Morgan fingerprint density at radius 2 is 2.38 bits per heavy atom. The minimum atomic E-state index is 0.168. The first-order valence-corrected chi connectivity index (χ1v) is 4.39. The summed E-state index contributed by atoms with van der Waals surface area (Å²) in [5.74, 6) is 2.30. The van der Waals surface area contributed by atoms with E-state index in [4.69, 9.17) is 6.42 Å². The molecule has 0 spiro atoms. The van der Waals surface area contributed by atoms with E-state index in [2.05, 4.69) is 38.1 Å². The Hall–Kier alpha value is -1.27. The average Bonchev–Trinajstić information content (AvgIpc) is 2.13. The fourth-order valence-electron chi connectivity index (χ4n) is 0.713. The first-order chi connectivity index (χ1) is 6.33.